The average molecular weight is 354 g/mol. The fourth-order valence-corrected chi connectivity index (χ4v) is 3.45. The standard InChI is InChI=1S/C21H20F2N2O/c1-13-19(16-7-5-8-17(22)12-16)20(21(24)26)14(2)25(13)11-10-15-6-3-4-9-18(15)23/h3-9,12H,10-11H2,1-2H3,(H2,24,26). The second-order valence-electron chi connectivity index (χ2n) is 6.29. The number of carbonyl (C=O) groups excluding carboxylic acids is 1. The maximum absolute atomic E-state index is 13.9. The van der Waals surface area contributed by atoms with Gasteiger partial charge in [-0.15, -0.1) is 0 Å². The van der Waals surface area contributed by atoms with Crippen LogP contribution >= 0.6 is 0 Å². The normalized spacial score (nSPS) is 10.9. The molecular formula is C21H20F2N2O. The van der Waals surface area contributed by atoms with Gasteiger partial charge in [-0.3, -0.25) is 4.79 Å². The Morgan fingerprint density at radius 3 is 2.42 bits per heavy atom. The number of amides is 1. The van der Waals surface area contributed by atoms with Gasteiger partial charge in [0.25, 0.3) is 5.91 Å². The van der Waals surface area contributed by atoms with E-state index in [0.717, 1.165) is 5.69 Å². The zero-order valence-corrected chi connectivity index (χ0v) is 14.7. The summed E-state index contributed by atoms with van der Waals surface area (Å²) in [5.74, 6) is -1.20. The summed E-state index contributed by atoms with van der Waals surface area (Å²) in [7, 11) is 0. The molecule has 2 aromatic carbocycles. The number of primary amides is 1. The molecule has 26 heavy (non-hydrogen) atoms. The molecule has 0 aliphatic rings. The largest absolute Gasteiger partial charge is 0.366 e. The van der Waals surface area contributed by atoms with Crippen molar-refractivity contribution in [3.63, 3.8) is 0 Å². The molecule has 0 unspecified atom stereocenters. The van der Waals surface area contributed by atoms with E-state index >= 15 is 0 Å². The smallest absolute Gasteiger partial charge is 0.251 e. The van der Waals surface area contributed by atoms with Crippen molar-refractivity contribution < 1.29 is 13.6 Å². The van der Waals surface area contributed by atoms with Gasteiger partial charge in [-0.2, -0.15) is 0 Å². The number of aromatic nitrogens is 1. The number of nitrogens with zero attached hydrogens (tertiary/aromatic N) is 1. The minimum atomic E-state index is -0.561. The lowest BCUT2D eigenvalue weighted by atomic mass is 10.00. The van der Waals surface area contributed by atoms with E-state index in [1.807, 2.05) is 11.5 Å². The van der Waals surface area contributed by atoms with Crippen molar-refractivity contribution >= 4 is 5.91 Å². The van der Waals surface area contributed by atoms with Crippen LogP contribution in [0.25, 0.3) is 11.1 Å². The lowest BCUT2D eigenvalue weighted by Gasteiger charge is -2.10. The van der Waals surface area contributed by atoms with Crippen LogP contribution in [0, 0.1) is 25.5 Å². The van der Waals surface area contributed by atoms with Crippen molar-refractivity contribution in [3.8, 4) is 11.1 Å². The minimum Gasteiger partial charge on any atom is -0.366 e. The molecular weight excluding hydrogens is 334 g/mol. The van der Waals surface area contributed by atoms with Crippen LogP contribution in [0.5, 0.6) is 0 Å². The van der Waals surface area contributed by atoms with Crippen LogP contribution in [0.3, 0.4) is 0 Å². The van der Waals surface area contributed by atoms with Crippen LogP contribution in [-0.4, -0.2) is 10.5 Å². The van der Waals surface area contributed by atoms with Crippen LogP contribution < -0.4 is 5.73 Å². The highest BCUT2D eigenvalue weighted by Gasteiger charge is 2.22. The Morgan fingerprint density at radius 1 is 1.04 bits per heavy atom. The fourth-order valence-electron chi connectivity index (χ4n) is 3.45. The van der Waals surface area contributed by atoms with E-state index in [2.05, 4.69) is 0 Å². The maximum atomic E-state index is 13.9. The summed E-state index contributed by atoms with van der Waals surface area (Å²) in [5, 5.41) is 0. The number of hydrogen-bond acceptors (Lipinski definition) is 1. The summed E-state index contributed by atoms with van der Waals surface area (Å²) >= 11 is 0. The number of rotatable bonds is 5. The number of halogens is 2. The molecule has 3 aromatic rings. The molecule has 3 nitrogen and oxygen atoms in total. The first-order valence-corrected chi connectivity index (χ1v) is 8.39. The molecule has 1 amide bonds. The Balaban J connectivity index is 2.06. The van der Waals surface area contributed by atoms with E-state index in [9.17, 15) is 13.6 Å². The first-order chi connectivity index (χ1) is 12.4. The topological polar surface area (TPSA) is 48.0 Å². The summed E-state index contributed by atoms with van der Waals surface area (Å²) in [6, 6.07) is 12.7. The van der Waals surface area contributed by atoms with Gasteiger partial charge in [0.1, 0.15) is 11.6 Å². The highest BCUT2D eigenvalue weighted by atomic mass is 19.1. The summed E-state index contributed by atoms with van der Waals surface area (Å²) in [6.45, 7) is 4.16. The second kappa shape index (κ2) is 7.12. The van der Waals surface area contributed by atoms with E-state index in [4.69, 9.17) is 5.73 Å². The monoisotopic (exact) mass is 354 g/mol. The Hall–Kier alpha value is -2.95. The van der Waals surface area contributed by atoms with Gasteiger partial charge in [0.15, 0.2) is 0 Å². The SMILES string of the molecule is Cc1c(C(N)=O)c(-c2cccc(F)c2)c(C)n1CCc1ccccc1F. The van der Waals surface area contributed by atoms with E-state index in [-0.39, 0.29) is 11.6 Å². The molecule has 2 N–H and O–H groups in total. The number of nitrogens with two attached hydrogens (primary N) is 1. The molecule has 0 aliphatic carbocycles. The van der Waals surface area contributed by atoms with Crippen LogP contribution in [0.15, 0.2) is 48.5 Å². The maximum Gasteiger partial charge on any atom is 0.251 e. The highest BCUT2D eigenvalue weighted by molar-refractivity contribution is 6.02. The Labute approximate surface area is 151 Å². The summed E-state index contributed by atoms with van der Waals surface area (Å²) in [5.41, 5.74) is 9.31. The van der Waals surface area contributed by atoms with Gasteiger partial charge in [0, 0.05) is 23.5 Å². The molecule has 1 heterocycles. The van der Waals surface area contributed by atoms with Crippen LogP contribution in [0.4, 0.5) is 8.78 Å². The number of aryl methyl sites for hydroxylation is 1. The first-order valence-electron chi connectivity index (χ1n) is 8.39. The second-order valence-corrected chi connectivity index (χ2v) is 6.29. The molecule has 134 valence electrons. The fraction of sp³-hybridized carbons (Fsp3) is 0.190. The molecule has 0 bridgehead atoms. The lowest BCUT2D eigenvalue weighted by Crippen LogP contribution is -2.14. The number of carbonyl (C=O) groups is 1. The van der Waals surface area contributed by atoms with Gasteiger partial charge in [-0.05, 0) is 49.6 Å². The van der Waals surface area contributed by atoms with Gasteiger partial charge in [-0.1, -0.05) is 30.3 Å². The Morgan fingerprint density at radius 2 is 1.77 bits per heavy atom. The van der Waals surface area contributed by atoms with Gasteiger partial charge >= 0.3 is 0 Å². The van der Waals surface area contributed by atoms with Crippen molar-refractivity contribution in [1.29, 1.82) is 0 Å². The molecule has 0 aliphatic heterocycles. The molecule has 1 aromatic heterocycles. The highest BCUT2D eigenvalue weighted by Crippen LogP contribution is 2.32. The van der Waals surface area contributed by atoms with Crippen LogP contribution in [0.2, 0.25) is 0 Å². The zero-order chi connectivity index (χ0) is 18.8. The van der Waals surface area contributed by atoms with E-state index in [1.165, 1.54) is 18.2 Å². The van der Waals surface area contributed by atoms with Gasteiger partial charge in [0.2, 0.25) is 0 Å². The molecule has 0 radical (unpaired) electrons. The first kappa shape index (κ1) is 17.9. The molecule has 0 fully saturated rings. The van der Waals surface area contributed by atoms with Crippen molar-refractivity contribution in [2.75, 3.05) is 0 Å². The Bertz CT molecular complexity index is 976. The quantitative estimate of drug-likeness (QED) is 0.726. The summed E-state index contributed by atoms with van der Waals surface area (Å²) in [4.78, 5) is 12.0. The predicted octanol–water partition coefficient (Wildman–Crippen LogP) is 4.39. The van der Waals surface area contributed by atoms with E-state index < -0.39 is 5.91 Å². The van der Waals surface area contributed by atoms with Crippen molar-refractivity contribution in [2.24, 2.45) is 5.73 Å². The molecule has 5 heteroatoms. The van der Waals surface area contributed by atoms with Crippen LogP contribution in [0.1, 0.15) is 27.3 Å². The third-order valence-electron chi connectivity index (χ3n) is 4.71. The van der Waals surface area contributed by atoms with Crippen molar-refractivity contribution in [3.05, 3.63) is 82.7 Å². The Kier molecular flexibility index (Phi) is 4.89. The lowest BCUT2D eigenvalue weighted by molar-refractivity contribution is 0.1000. The van der Waals surface area contributed by atoms with Gasteiger partial charge in [0.05, 0.1) is 5.56 Å². The van der Waals surface area contributed by atoms with Gasteiger partial charge in [-0.25, -0.2) is 8.78 Å². The average Bonchev–Trinajstić information content (AvgIpc) is 2.85. The molecule has 0 saturated carbocycles. The van der Waals surface area contributed by atoms with Gasteiger partial charge < -0.3 is 10.3 Å². The van der Waals surface area contributed by atoms with Crippen LogP contribution in [-0.2, 0) is 13.0 Å². The minimum absolute atomic E-state index is 0.254. The third kappa shape index (κ3) is 3.25. The number of hydrogen-bond donors (Lipinski definition) is 1. The molecule has 0 atom stereocenters. The summed E-state index contributed by atoms with van der Waals surface area (Å²) < 4.78 is 29.5. The van der Waals surface area contributed by atoms with Crippen molar-refractivity contribution in [1.82, 2.24) is 4.57 Å². The zero-order valence-electron chi connectivity index (χ0n) is 14.7. The van der Waals surface area contributed by atoms with E-state index in [1.54, 1.807) is 37.3 Å². The predicted molar refractivity (Wildman–Crippen MR) is 97.9 cm³/mol. The van der Waals surface area contributed by atoms with E-state index in [0.29, 0.717) is 40.9 Å². The number of benzene rings is 2. The molecule has 0 saturated heterocycles. The summed E-state index contributed by atoms with van der Waals surface area (Å²) in [6.07, 6.45) is 0.476. The van der Waals surface area contributed by atoms with Crippen molar-refractivity contribution in [2.45, 2.75) is 26.8 Å². The molecule has 3 rings (SSSR count). The molecule has 0 spiro atoms. The third-order valence-corrected chi connectivity index (χ3v) is 4.71.